The van der Waals surface area contributed by atoms with E-state index in [-0.39, 0.29) is 11.6 Å². The number of amides is 1. The van der Waals surface area contributed by atoms with Gasteiger partial charge in [0.1, 0.15) is 17.2 Å². The Labute approximate surface area is 138 Å². The number of pyridine rings is 1. The number of aromatic nitrogens is 2. The van der Waals surface area contributed by atoms with Crippen molar-refractivity contribution in [3.8, 4) is 5.75 Å². The van der Waals surface area contributed by atoms with Crippen LogP contribution in [0, 0.1) is 6.92 Å². The van der Waals surface area contributed by atoms with Crippen molar-refractivity contribution in [1.82, 2.24) is 10.1 Å². The molecule has 0 bridgehead atoms. The molecule has 1 aromatic carbocycles. The van der Waals surface area contributed by atoms with Gasteiger partial charge in [0.25, 0.3) is 5.91 Å². The van der Waals surface area contributed by atoms with E-state index >= 15 is 0 Å². The third-order valence-electron chi connectivity index (χ3n) is 3.24. The zero-order valence-corrected chi connectivity index (χ0v) is 13.2. The summed E-state index contributed by atoms with van der Waals surface area (Å²) in [5.74, 6) is 1.68. The molecule has 0 saturated heterocycles. The van der Waals surface area contributed by atoms with Crippen LogP contribution in [0.25, 0.3) is 0 Å². The number of nitrogens with one attached hydrogen (secondary N) is 2. The molecule has 7 heteroatoms. The molecule has 0 radical (unpaired) electrons. The Balaban J connectivity index is 1.71. The van der Waals surface area contributed by atoms with E-state index in [4.69, 9.17) is 9.26 Å². The van der Waals surface area contributed by atoms with Gasteiger partial charge in [0.2, 0.25) is 0 Å². The number of hydrogen-bond donors (Lipinski definition) is 2. The summed E-state index contributed by atoms with van der Waals surface area (Å²) in [4.78, 5) is 16.4. The Hall–Kier alpha value is -3.35. The van der Waals surface area contributed by atoms with Gasteiger partial charge in [0, 0.05) is 23.6 Å². The van der Waals surface area contributed by atoms with Gasteiger partial charge < -0.3 is 19.9 Å². The van der Waals surface area contributed by atoms with Gasteiger partial charge in [-0.1, -0.05) is 5.16 Å². The molecule has 2 N–H and O–H groups in total. The zero-order chi connectivity index (χ0) is 16.9. The van der Waals surface area contributed by atoms with Crippen LogP contribution in [0.4, 0.5) is 17.2 Å². The molecule has 0 saturated carbocycles. The fraction of sp³-hybridized carbons (Fsp3) is 0.118. The first-order valence-electron chi connectivity index (χ1n) is 7.26. The summed E-state index contributed by atoms with van der Waals surface area (Å²) in [5, 5.41) is 9.69. The van der Waals surface area contributed by atoms with E-state index in [0.29, 0.717) is 23.0 Å². The zero-order valence-electron chi connectivity index (χ0n) is 13.2. The minimum Gasteiger partial charge on any atom is -0.497 e. The van der Waals surface area contributed by atoms with E-state index in [1.54, 1.807) is 62.7 Å². The van der Waals surface area contributed by atoms with Gasteiger partial charge in [-0.3, -0.25) is 9.78 Å². The molecule has 0 fully saturated rings. The van der Waals surface area contributed by atoms with Gasteiger partial charge in [-0.15, -0.1) is 0 Å². The highest BCUT2D eigenvalue weighted by atomic mass is 16.5. The van der Waals surface area contributed by atoms with E-state index in [0.717, 1.165) is 5.75 Å². The lowest BCUT2D eigenvalue weighted by molar-refractivity contribution is 0.102. The minimum atomic E-state index is -0.305. The third-order valence-corrected chi connectivity index (χ3v) is 3.24. The minimum absolute atomic E-state index is 0.288. The topological polar surface area (TPSA) is 89.3 Å². The smallest absolute Gasteiger partial charge is 0.274 e. The number of ether oxygens (including phenoxy) is 1. The van der Waals surface area contributed by atoms with Gasteiger partial charge in [-0.2, -0.15) is 0 Å². The number of carbonyl (C=O) groups is 1. The number of benzene rings is 1. The van der Waals surface area contributed by atoms with Crippen molar-refractivity contribution in [3.63, 3.8) is 0 Å². The van der Waals surface area contributed by atoms with E-state index in [1.165, 1.54) is 0 Å². The highest BCUT2D eigenvalue weighted by molar-refractivity contribution is 6.03. The first kappa shape index (κ1) is 15.5. The summed E-state index contributed by atoms with van der Waals surface area (Å²) < 4.78 is 10.1. The molecule has 0 unspecified atom stereocenters. The quantitative estimate of drug-likeness (QED) is 0.748. The Bertz CT molecular complexity index is 843. The second-order valence-corrected chi connectivity index (χ2v) is 5.06. The predicted molar refractivity (Wildman–Crippen MR) is 89.7 cm³/mol. The molecule has 1 amide bonds. The van der Waals surface area contributed by atoms with E-state index in [9.17, 15) is 4.79 Å². The van der Waals surface area contributed by atoms with Gasteiger partial charge in [-0.05, 0) is 43.3 Å². The molecule has 2 heterocycles. The van der Waals surface area contributed by atoms with Crippen molar-refractivity contribution < 1.29 is 14.1 Å². The molecule has 3 aromatic rings. The van der Waals surface area contributed by atoms with E-state index < -0.39 is 0 Å². The predicted octanol–water partition coefficient (Wildman–Crippen LogP) is 3.38. The molecule has 7 nitrogen and oxygen atoms in total. The van der Waals surface area contributed by atoms with Crippen molar-refractivity contribution in [2.75, 3.05) is 17.7 Å². The normalized spacial score (nSPS) is 10.2. The number of hydrogen-bond acceptors (Lipinski definition) is 6. The first-order chi connectivity index (χ1) is 11.6. The monoisotopic (exact) mass is 324 g/mol. The summed E-state index contributed by atoms with van der Waals surface area (Å²) in [6.07, 6.45) is 1.55. The van der Waals surface area contributed by atoms with E-state index in [2.05, 4.69) is 20.8 Å². The van der Waals surface area contributed by atoms with Gasteiger partial charge in [0.15, 0.2) is 5.82 Å². The maximum atomic E-state index is 12.3. The van der Waals surface area contributed by atoms with Crippen LogP contribution in [0.1, 0.15) is 16.2 Å². The van der Waals surface area contributed by atoms with E-state index in [1.807, 2.05) is 0 Å². The number of rotatable bonds is 5. The number of nitrogens with zero attached hydrogens (tertiary/aromatic N) is 2. The van der Waals surface area contributed by atoms with Crippen LogP contribution in [0.2, 0.25) is 0 Å². The molecular weight excluding hydrogens is 308 g/mol. The Morgan fingerprint density at radius 3 is 2.58 bits per heavy atom. The maximum Gasteiger partial charge on any atom is 0.274 e. The molecule has 24 heavy (non-hydrogen) atoms. The summed E-state index contributed by atoms with van der Waals surface area (Å²) in [6, 6.07) is 12.2. The van der Waals surface area contributed by atoms with Crippen LogP contribution in [0.5, 0.6) is 5.75 Å². The standard InChI is InChI=1S/C17H16N4O3/c1-11-9-16(21-24-11)19-13-7-8-18-15(10-13)17(22)20-12-3-5-14(23-2)6-4-12/h3-10H,1-2H3,(H,20,22)(H,18,19,21). The summed E-state index contributed by atoms with van der Waals surface area (Å²) in [7, 11) is 1.59. The fourth-order valence-corrected chi connectivity index (χ4v) is 2.08. The van der Waals surface area contributed by atoms with Gasteiger partial charge >= 0.3 is 0 Å². The third kappa shape index (κ3) is 3.70. The average molecular weight is 324 g/mol. The van der Waals surface area contributed by atoms with Crippen molar-refractivity contribution >= 4 is 23.1 Å². The van der Waals surface area contributed by atoms with Crippen LogP contribution < -0.4 is 15.4 Å². The van der Waals surface area contributed by atoms with Crippen LogP contribution in [-0.2, 0) is 0 Å². The van der Waals surface area contributed by atoms with Crippen LogP contribution in [-0.4, -0.2) is 23.2 Å². The maximum absolute atomic E-state index is 12.3. The molecule has 0 aliphatic heterocycles. The Morgan fingerprint density at radius 1 is 1.12 bits per heavy atom. The second kappa shape index (κ2) is 6.82. The van der Waals surface area contributed by atoms with Crippen LogP contribution in [0.3, 0.4) is 0 Å². The highest BCUT2D eigenvalue weighted by Crippen LogP contribution is 2.18. The fourth-order valence-electron chi connectivity index (χ4n) is 2.08. The summed E-state index contributed by atoms with van der Waals surface area (Å²) in [6.45, 7) is 1.80. The number of methoxy groups -OCH3 is 1. The van der Waals surface area contributed by atoms with Crippen LogP contribution >= 0.6 is 0 Å². The van der Waals surface area contributed by atoms with Crippen molar-refractivity contribution in [3.05, 3.63) is 60.1 Å². The van der Waals surface area contributed by atoms with Crippen LogP contribution in [0.15, 0.2) is 53.2 Å². The largest absolute Gasteiger partial charge is 0.497 e. The van der Waals surface area contributed by atoms with Gasteiger partial charge in [0.05, 0.1) is 7.11 Å². The van der Waals surface area contributed by atoms with Gasteiger partial charge in [-0.25, -0.2) is 0 Å². The molecule has 0 aliphatic rings. The number of carbonyl (C=O) groups excluding carboxylic acids is 1. The number of aryl methyl sites for hydroxylation is 1. The van der Waals surface area contributed by atoms with Crippen molar-refractivity contribution in [2.45, 2.75) is 6.92 Å². The summed E-state index contributed by atoms with van der Waals surface area (Å²) in [5.41, 5.74) is 1.64. The highest BCUT2D eigenvalue weighted by Gasteiger charge is 2.09. The summed E-state index contributed by atoms with van der Waals surface area (Å²) >= 11 is 0. The molecular formula is C17H16N4O3. The molecule has 0 aliphatic carbocycles. The lowest BCUT2D eigenvalue weighted by Gasteiger charge is -2.07. The SMILES string of the molecule is COc1ccc(NC(=O)c2cc(Nc3cc(C)on3)ccn2)cc1. The Kier molecular flexibility index (Phi) is 4.42. The average Bonchev–Trinajstić information content (AvgIpc) is 3.00. The lowest BCUT2D eigenvalue weighted by atomic mass is 10.2. The molecule has 3 rings (SSSR count). The first-order valence-corrected chi connectivity index (χ1v) is 7.26. The second-order valence-electron chi connectivity index (χ2n) is 5.06. The lowest BCUT2D eigenvalue weighted by Crippen LogP contribution is -2.13. The number of anilines is 3. The molecule has 0 spiro atoms. The van der Waals surface area contributed by atoms with Crippen molar-refractivity contribution in [2.24, 2.45) is 0 Å². The molecule has 0 atom stereocenters. The molecule has 2 aromatic heterocycles. The molecule has 122 valence electrons. The Morgan fingerprint density at radius 2 is 1.92 bits per heavy atom. The van der Waals surface area contributed by atoms with Crippen molar-refractivity contribution in [1.29, 1.82) is 0 Å².